The minimum atomic E-state index is -1.45. The van der Waals surface area contributed by atoms with Crippen LogP contribution < -0.4 is 55.3 Å². The van der Waals surface area contributed by atoms with Crippen LogP contribution in [0.25, 0.3) is 0 Å². The van der Waals surface area contributed by atoms with Crippen molar-refractivity contribution in [1.29, 1.82) is 0 Å². The van der Waals surface area contributed by atoms with Crippen LogP contribution in [0.2, 0.25) is 0 Å². The van der Waals surface area contributed by atoms with Gasteiger partial charge >= 0.3 is 0 Å². The molecule has 0 spiro atoms. The number of benzene rings is 1. The van der Waals surface area contributed by atoms with Crippen LogP contribution in [0.15, 0.2) is 35.3 Å². The predicted octanol–water partition coefficient (Wildman–Crippen LogP) is -3.52. The second kappa shape index (κ2) is 23.3. The first kappa shape index (κ1) is 45.7. The smallest absolute Gasteiger partial charge is 0.245 e. The first-order chi connectivity index (χ1) is 24.8. The van der Waals surface area contributed by atoms with E-state index in [9.17, 15) is 38.7 Å². The fourth-order valence-electron chi connectivity index (χ4n) is 5.12. The van der Waals surface area contributed by atoms with E-state index in [1.807, 2.05) is 19.9 Å². The zero-order valence-electron chi connectivity index (χ0n) is 30.8. The van der Waals surface area contributed by atoms with E-state index < -0.39 is 90.6 Å². The number of nitrogens with two attached hydrogens (primary N) is 5. The Morgan fingerprint density at radius 1 is 0.660 bits per heavy atom. The van der Waals surface area contributed by atoms with Crippen molar-refractivity contribution in [2.45, 2.75) is 102 Å². The molecule has 0 radical (unpaired) electrons. The average molecular weight is 748 g/mol. The predicted molar refractivity (Wildman–Crippen MR) is 197 cm³/mol. The van der Waals surface area contributed by atoms with Gasteiger partial charge in [0.15, 0.2) is 5.96 Å². The molecule has 0 aliphatic rings. The van der Waals surface area contributed by atoms with E-state index in [-0.39, 0.29) is 56.4 Å². The molecular weight excluding hydrogens is 690 g/mol. The van der Waals surface area contributed by atoms with Crippen LogP contribution in [-0.4, -0.2) is 102 Å². The third kappa shape index (κ3) is 18.2. The van der Waals surface area contributed by atoms with Crippen molar-refractivity contribution in [3.05, 3.63) is 35.9 Å². The molecule has 19 nitrogen and oxygen atoms in total. The molecule has 1 aromatic carbocycles. The third-order valence-corrected chi connectivity index (χ3v) is 7.77. The van der Waals surface area contributed by atoms with Gasteiger partial charge in [0.25, 0.3) is 0 Å². The van der Waals surface area contributed by atoms with E-state index in [0.29, 0.717) is 0 Å². The molecule has 0 fully saturated rings. The lowest BCUT2D eigenvalue weighted by atomic mass is 9.99. The van der Waals surface area contributed by atoms with Crippen molar-refractivity contribution in [1.82, 2.24) is 26.6 Å². The van der Waals surface area contributed by atoms with Gasteiger partial charge in [-0.1, -0.05) is 58.0 Å². The molecule has 0 unspecified atom stereocenters. The normalized spacial score (nSPS) is 14.4. The number of nitrogens with zero attached hydrogens (tertiary/aromatic N) is 1. The molecule has 0 saturated heterocycles. The number of aliphatic hydroxyl groups is 1. The molecule has 0 saturated carbocycles. The Morgan fingerprint density at radius 2 is 1.11 bits per heavy atom. The summed E-state index contributed by atoms with van der Waals surface area (Å²) in [6, 6.07) is 1.40. The Morgan fingerprint density at radius 3 is 1.57 bits per heavy atom. The van der Waals surface area contributed by atoms with Gasteiger partial charge in [-0.05, 0) is 49.5 Å². The number of hydrogen-bond acceptors (Lipinski definition) is 10. The maximum Gasteiger partial charge on any atom is 0.245 e. The Kier molecular flexibility index (Phi) is 20.1. The van der Waals surface area contributed by atoms with Crippen molar-refractivity contribution in [2.24, 2.45) is 45.5 Å². The van der Waals surface area contributed by atoms with E-state index in [1.165, 1.54) is 0 Å². The summed E-state index contributed by atoms with van der Waals surface area (Å²) in [5, 5.41) is 22.5. The second-order valence-electron chi connectivity index (χ2n) is 13.6. The van der Waals surface area contributed by atoms with Crippen molar-refractivity contribution >= 4 is 47.3 Å². The maximum absolute atomic E-state index is 13.7. The number of amides is 7. The minimum Gasteiger partial charge on any atom is -0.394 e. The first-order valence-electron chi connectivity index (χ1n) is 17.4. The van der Waals surface area contributed by atoms with Gasteiger partial charge in [-0.3, -0.25) is 38.6 Å². The first-order valence-corrected chi connectivity index (χ1v) is 17.4. The van der Waals surface area contributed by atoms with E-state index in [1.54, 1.807) is 38.1 Å². The van der Waals surface area contributed by atoms with Gasteiger partial charge in [-0.25, -0.2) is 0 Å². The highest BCUT2D eigenvalue weighted by atomic mass is 16.3. The van der Waals surface area contributed by atoms with Gasteiger partial charge in [-0.15, -0.1) is 0 Å². The van der Waals surface area contributed by atoms with Crippen LogP contribution in [0.1, 0.15) is 65.4 Å². The van der Waals surface area contributed by atoms with Gasteiger partial charge in [0, 0.05) is 6.54 Å². The standard InChI is InChI=1S/C34H57N11O8/c1-18(2)13-24(31(51)41-22(11-8-12-40-34(38)39)30(50)42-23(28(37)48)16-27(36)47)43-32(52)25(14-19(3)4)44-33(53)26(17-46)45-29(49)21(35)15-20-9-6-5-7-10-20/h5-7,9-10,18-19,21-26,46H,8,11-17,35H2,1-4H3,(H2,36,47)(H2,37,48)(H,41,51)(H,42,50)(H,43,52)(H,44,53)(H,45,49)(H4,38,39,40)/t21-,22-,23-,24-,25-,26-/m0/s1. The molecule has 1 rings (SSSR count). The van der Waals surface area contributed by atoms with Crippen molar-refractivity contribution < 1.29 is 38.7 Å². The minimum absolute atomic E-state index is 0.0198. The summed E-state index contributed by atoms with van der Waals surface area (Å²) in [4.78, 5) is 93.9. The van der Waals surface area contributed by atoms with E-state index in [0.717, 1.165) is 5.56 Å². The molecule has 296 valence electrons. The highest BCUT2D eigenvalue weighted by Gasteiger charge is 2.33. The maximum atomic E-state index is 13.7. The number of nitrogens with one attached hydrogen (secondary N) is 5. The monoisotopic (exact) mass is 747 g/mol. The number of rotatable bonds is 24. The zero-order chi connectivity index (χ0) is 40.2. The molecule has 19 heteroatoms. The lowest BCUT2D eigenvalue weighted by molar-refractivity contribution is -0.136. The lowest BCUT2D eigenvalue weighted by Crippen LogP contribution is -2.60. The van der Waals surface area contributed by atoms with Gasteiger partial charge in [0.2, 0.25) is 41.4 Å². The quantitative estimate of drug-likeness (QED) is 0.0280. The van der Waals surface area contributed by atoms with Crippen LogP contribution in [0.3, 0.4) is 0 Å². The molecule has 0 aliphatic heterocycles. The van der Waals surface area contributed by atoms with Gasteiger partial charge in [0.05, 0.1) is 19.1 Å². The topological polar surface area (TPSA) is 342 Å². The number of hydrogen-bond donors (Lipinski definition) is 11. The summed E-state index contributed by atoms with van der Waals surface area (Å²) < 4.78 is 0. The lowest BCUT2D eigenvalue weighted by Gasteiger charge is -2.28. The molecule has 0 heterocycles. The van der Waals surface area contributed by atoms with Crippen LogP contribution in [-0.2, 0) is 40.0 Å². The van der Waals surface area contributed by atoms with E-state index in [2.05, 4.69) is 31.6 Å². The highest BCUT2D eigenvalue weighted by Crippen LogP contribution is 2.11. The van der Waals surface area contributed by atoms with E-state index >= 15 is 0 Å². The molecule has 16 N–H and O–H groups in total. The van der Waals surface area contributed by atoms with E-state index in [4.69, 9.17) is 28.7 Å². The van der Waals surface area contributed by atoms with Gasteiger partial charge < -0.3 is 60.4 Å². The molecule has 0 aliphatic carbocycles. The Bertz CT molecular complexity index is 1420. The second-order valence-corrected chi connectivity index (χ2v) is 13.6. The van der Waals surface area contributed by atoms with Gasteiger partial charge in [0.1, 0.15) is 30.2 Å². The van der Waals surface area contributed by atoms with Crippen LogP contribution in [0.5, 0.6) is 0 Å². The third-order valence-electron chi connectivity index (χ3n) is 7.77. The molecule has 1 aromatic rings. The molecule has 53 heavy (non-hydrogen) atoms. The van der Waals surface area contributed by atoms with Crippen LogP contribution in [0, 0.1) is 11.8 Å². The zero-order valence-corrected chi connectivity index (χ0v) is 30.8. The number of aliphatic imine (C=N–C) groups is 1. The molecule has 0 aromatic heterocycles. The summed E-state index contributed by atoms with van der Waals surface area (Å²) in [6.45, 7) is 6.53. The van der Waals surface area contributed by atoms with Crippen LogP contribution in [0.4, 0.5) is 0 Å². The van der Waals surface area contributed by atoms with Gasteiger partial charge in [-0.2, -0.15) is 0 Å². The number of carbonyl (C=O) groups is 7. The van der Waals surface area contributed by atoms with Crippen molar-refractivity contribution in [3.63, 3.8) is 0 Å². The molecule has 7 amide bonds. The fraction of sp³-hybridized carbons (Fsp3) is 0.588. The molecular formula is C34H57N11O8. The number of guanidine groups is 1. The Balaban J connectivity index is 3.18. The summed E-state index contributed by atoms with van der Waals surface area (Å²) in [7, 11) is 0. The average Bonchev–Trinajstić information content (AvgIpc) is 3.06. The van der Waals surface area contributed by atoms with Crippen LogP contribution >= 0.6 is 0 Å². The Labute approximate surface area is 309 Å². The molecule has 0 bridgehead atoms. The summed E-state index contributed by atoms with van der Waals surface area (Å²) in [5.74, 6) is -6.26. The number of aliphatic hydroxyl groups excluding tert-OH is 1. The van der Waals surface area contributed by atoms with Crippen molar-refractivity contribution in [3.8, 4) is 0 Å². The Hall–Kier alpha value is -5.30. The fourth-order valence-corrected chi connectivity index (χ4v) is 5.12. The summed E-state index contributed by atoms with van der Waals surface area (Å²) in [6.07, 6.45) is 0.0265. The summed E-state index contributed by atoms with van der Waals surface area (Å²) in [5.41, 5.74) is 28.1. The number of carbonyl (C=O) groups excluding carboxylic acids is 7. The highest BCUT2D eigenvalue weighted by molar-refractivity contribution is 5.97. The number of primary amides is 2. The van der Waals surface area contributed by atoms with Crippen molar-refractivity contribution in [2.75, 3.05) is 13.2 Å². The largest absolute Gasteiger partial charge is 0.394 e. The molecule has 6 atom stereocenters. The summed E-state index contributed by atoms with van der Waals surface area (Å²) >= 11 is 0. The SMILES string of the molecule is CC(C)C[C@H](NC(=O)[C@H](CC(C)C)NC(=O)[C@H](CO)NC(=O)[C@@H](N)Cc1ccccc1)C(=O)N[C@@H](CCCN=C(N)N)C(=O)N[C@@H](CC(N)=O)C(N)=O.